The van der Waals surface area contributed by atoms with Crippen molar-refractivity contribution in [3.05, 3.63) is 0 Å². The lowest BCUT2D eigenvalue weighted by Crippen LogP contribution is -2.37. The van der Waals surface area contributed by atoms with Crippen LogP contribution >= 0.6 is 0 Å². The highest BCUT2D eigenvalue weighted by atomic mass is 28.4. The normalized spacial score (nSPS) is 18.5. The van der Waals surface area contributed by atoms with E-state index >= 15 is 0 Å². The molecule has 0 atom stereocenters. The minimum Gasteiger partial charge on any atom is -0.400 e. The fourth-order valence-corrected chi connectivity index (χ4v) is 1.54. The zero-order valence-electron chi connectivity index (χ0n) is 8.29. The number of hydrogen-bond acceptors (Lipinski definition) is 3. The van der Waals surface area contributed by atoms with E-state index in [2.05, 4.69) is 0 Å². The number of rotatable bonds is 3. The largest absolute Gasteiger partial charge is 0.400 e. The molecule has 74 valence electrons. The molecule has 0 N–H and O–H groups in total. The molecule has 4 nitrogen and oxygen atoms in total. The summed E-state index contributed by atoms with van der Waals surface area (Å²) in [6.07, 6.45) is 0.682. The monoisotopic (exact) mass is 201 g/mol. The number of imide groups is 1. The summed E-state index contributed by atoms with van der Waals surface area (Å²) in [6.45, 7) is 6.22. The van der Waals surface area contributed by atoms with Gasteiger partial charge in [0.25, 0.3) is 0 Å². The van der Waals surface area contributed by atoms with Crippen molar-refractivity contribution < 1.29 is 14.0 Å². The van der Waals surface area contributed by atoms with E-state index in [1.165, 1.54) is 4.90 Å². The second-order valence-corrected chi connectivity index (χ2v) is 8.61. The fraction of sp³-hybridized carbons (Fsp3) is 0.750. The number of amides is 2. The van der Waals surface area contributed by atoms with Crippen LogP contribution in [0.1, 0.15) is 12.8 Å². The molecular formula is C8H15NO3Si. The molecule has 0 radical (unpaired) electrons. The summed E-state index contributed by atoms with van der Waals surface area (Å²) in [5.41, 5.74) is 0. The zero-order valence-corrected chi connectivity index (χ0v) is 9.29. The highest BCUT2D eigenvalue weighted by Gasteiger charge is 2.30. The minimum absolute atomic E-state index is 0.108. The maximum Gasteiger partial charge on any atom is 0.231 e. The molecule has 0 spiro atoms. The summed E-state index contributed by atoms with van der Waals surface area (Å²) >= 11 is 0. The molecule has 0 aromatic heterocycles. The van der Waals surface area contributed by atoms with Crippen molar-refractivity contribution in [2.45, 2.75) is 32.5 Å². The molecule has 5 heteroatoms. The lowest BCUT2D eigenvalue weighted by Gasteiger charge is -2.21. The van der Waals surface area contributed by atoms with Crippen molar-refractivity contribution in [1.29, 1.82) is 0 Å². The number of likely N-dealkylation sites (tertiary alicyclic amines) is 1. The molecule has 0 unspecified atom stereocenters. The van der Waals surface area contributed by atoms with Gasteiger partial charge < -0.3 is 4.43 Å². The maximum atomic E-state index is 11.1. The third-order valence-electron chi connectivity index (χ3n) is 1.78. The first-order valence-electron chi connectivity index (χ1n) is 4.37. The second-order valence-electron chi connectivity index (χ2n) is 4.10. The summed E-state index contributed by atoms with van der Waals surface area (Å²) in [5, 5.41) is 0. The Morgan fingerprint density at radius 1 is 1.23 bits per heavy atom. The predicted molar refractivity (Wildman–Crippen MR) is 50.4 cm³/mol. The Labute approximate surface area is 79.0 Å². The van der Waals surface area contributed by atoms with E-state index in [0.717, 1.165) is 0 Å². The Morgan fingerprint density at radius 3 is 2.08 bits per heavy atom. The van der Waals surface area contributed by atoms with Gasteiger partial charge in [0.1, 0.15) is 6.73 Å². The predicted octanol–water partition coefficient (Wildman–Crippen LogP) is 0.944. The third-order valence-corrected chi connectivity index (χ3v) is 2.78. The Bertz CT molecular complexity index is 218. The van der Waals surface area contributed by atoms with Gasteiger partial charge in [0, 0.05) is 12.8 Å². The van der Waals surface area contributed by atoms with E-state index in [0.29, 0.717) is 12.8 Å². The van der Waals surface area contributed by atoms with Crippen LogP contribution in [0.2, 0.25) is 19.6 Å². The topological polar surface area (TPSA) is 46.6 Å². The molecule has 1 heterocycles. The van der Waals surface area contributed by atoms with Gasteiger partial charge in [-0.1, -0.05) is 0 Å². The van der Waals surface area contributed by atoms with E-state index in [9.17, 15) is 9.59 Å². The molecule has 0 aromatic rings. The fourth-order valence-electron chi connectivity index (χ4n) is 1.03. The highest BCUT2D eigenvalue weighted by molar-refractivity contribution is 6.69. The number of carbonyl (C=O) groups is 2. The van der Waals surface area contributed by atoms with Gasteiger partial charge in [0.05, 0.1) is 0 Å². The number of hydrogen-bond donors (Lipinski definition) is 0. The first-order valence-corrected chi connectivity index (χ1v) is 7.78. The van der Waals surface area contributed by atoms with Gasteiger partial charge in [-0.3, -0.25) is 14.5 Å². The van der Waals surface area contributed by atoms with Crippen molar-refractivity contribution in [3.8, 4) is 0 Å². The summed E-state index contributed by atoms with van der Waals surface area (Å²) in [6, 6.07) is 0. The first kappa shape index (κ1) is 10.4. The van der Waals surface area contributed by atoms with Crippen LogP contribution in [0.5, 0.6) is 0 Å². The lowest BCUT2D eigenvalue weighted by molar-refractivity contribution is -0.141. The average molecular weight is 201 g/mol. The van der Waals surface area contributed by atoms with Crippen LogP contribution in [-0.2, 0) is 14.0 Å². The van der Waals surface area contributed by atoms with Crippen LogP contribution in [0.25, 0.3) is 0 Å². The molecule has 1 fully saturated rings. The van der Waals surface area contributed by atoms with Crippen LogP contribution in [0.3, 0.4) is 0 Å². The lowest BCUT2D eigenvalue weighted by atomic mass is 10.4. The highest BCUT2D eigenvalue weighted by Crippen LogP contribution is 2.13. The van der Waals surface area contributed by atoms with Crippen LogP contribution in [0.15, 0.2) is 0 Å². The Morgan fingerprint density at radius 2 is 1.69 bits per heavy atom. The van der Waals surface area contributed by atoms with Crippen molar-refractivity contribution >= 4 is 20.1 Å². The van der Waals surface area contributed by atoms with Gasteiger partial charge in [-0.2, -0.15) is 0 Å². The zero-order chi connectivity index (χ0) is 10.1. The van der Waals surface area contributed by atoms with Crippen molar-refractivity contribution in [2.24, 2.45) is 0 Å². The molecule has 1 aliphatic heterocycles. The van der Waals surface area contributed by atoms with Crippen molar-refractivity contribution in [1.82, 2.24) is 4.90 Å². The summed E-state index contributed by atoms with van der Waals surface area (Å²) in [5.74, 6) is -0.216. The molecule has 0 bridgehead atoms. The molecule has 0 saturated carbocycles. The third kappa shape index (κ3) is 2.93. The molecule has 2 amide bonds. The molecule has 1 rings (SSSR count). The van der Waals surface area contributed by atoms with E-state index < -0.39 is 8.32 Å². The van der Waals surface area contributed by atoms with Gasteiger partial charge in [-0.05, 0) is 19.6 Å². The van der Waals surface area contributed by atoms with E-state index in [1.807, 2.05) is 19.6 Å². The first-order chi connectivity index (χ1) is 5.90. The number of nitrogens with zero attached hydrogens (tertiary/aromatic N) is 1. The molecule has 13 heavy (non-hydrogen) atoms. The molecule has 1 saturated heterocycles. The molecular weight excluding hydrogens is 186 g/mol. The smallest absolute Gasteiger partial charge is 0.231 e. The van der Waals surface area contributed by atoms with Gasteiger partial charge in [-0.15, -0.1) is 0 Å². The standard InChI is InChI=1S/C8H15NO3Si/c1-13(2,3)12-6-9-7(10)4-5-8(9)11/h4-6H2,1-3H3. The van der Waals surface area contributed by atoms with Gasteiger partial charge in [0.2, 0.25) is 11.8 Å². The SMILES string of the molecule is C[Si](C)(C)OCN1C(=O)CCC1=O. The van der Waals surface area contributed by atoms with Gasteiger partial charge in [0.15, 0.2) is 8.32 Å². The minimum atomic E-state index is -1.63. The molecule has 0 aromatic carbocycles. The summed E-state index contributed by atoms with van der Waals surface area (Å²) in [7, 11) is -1.63. The van der Waals surface area contributed by atoms with Crippen LogP contribution in [-0.4, -0.2) is 31.8 Å². The van der Waals surface area contributed by atoms with Gasteiger partial charge >= 0.3 is 0 Å². The molecule has 0 aliphatic carbocycles. The summed E-state index contributed by atoms with van der Waals surface area (Å²) < 4.78 is 5.48. The van der Waals surface area contributed by atoms with E-state index in [1.54, 1.807) is 0 Å². The van der Waals surface area contributed by atoms with Crippen molar-refractivity contribution in [3.63, 3.8) is 0 Å². The Balaban J connectivity index is 2.45. The average Bonchev–Trinajstić information content (AvgIpc) is 2.27. The number of carbonyl (C=O) groups excluding carboxylic acids is 2. The van der Waals surface area contributed by atoms with Crippen LogP contribution in [0.4, 0.5) is 0 Å². The van der Waals surface area contributed by atoms with E-state index in [4.69, 9.17) is 4.43 Å². The van der Waals surface area contributed by atoms with Gasteiger partial charge in [-0.25, -0.2) is 0 Å². The Kier molecular flexibility index (Phi) is 2.87. The summed E-state index contributed by atoms with van der Waals surface area (Å²) in [4.78, 5) is 23.5. The molecule has 1 aliphatic rings. The maximum absolute atomic E-state index is 11.1. The van der Waals surface area contributed by atoms with Crippen molar-refractivity contribution in [2.75, 3.05) is 6.73 Å². The van der Waals surface area contributed by atoms with Crippen LogP contribution in [0, 0.1) is 0 Å². The van der Waals surface area contributed by atoms with E-state index in [-0.39, 0.29) is 18.5 Å². The Hall–Kier alpha value is -0.683. The van der Waals surface area contributed by atoms with Crippen LogP contribution < -0.4 is 0 Å². The quantitative estimate of drug-likeness (QED) is 0.504. The second kappa shape index (κ2) is 3.59.